The van der Waals surface area contributed by atoms with Crippen molar-refractivity contribution in [3.63, 3.8) is 0 Å². The van der Waals surface area contributed by atoms with E-state index in [4.69, 9.17) is 4.74 Å². The van der Waals surface area contributed by atoms with E-state index in [1.165, 1.54) is 23.5 Å². The average molecular weight is 460 g/mol. The number of thioether (sulfide) groups is 2. The van der Waals surface area contributed by atoms with Gasteiger partial charge in [0.05, 0.1) is 4.58 Å². The molecule has 166 valence electrons. The molecule has 0 unspecified atom stereocenters. The van der Waals surface area contributed by atoms with Crippen molar-refractivity contribution in [2.75, 3.05) is 23.4 Å². The van der Waals surface area contributed by atoms with E-state index >= 15 is 0 Å². The fourth-order valence-corrected chi connectivity index (χ4v) is 5.83. The van der Waals surface area contributed by atoms with E-state index in [1.807, 2.05) is 73.8 Å². The second-order valence-corrected chi connectivity index (χ2v) is 10.2. The van der Waals surface area contributed by atoms with Crippen molar-refractivity contribution in [1.82, 2.24) is 10.6 Å². The van der Waals surface area contributed by atoms with Gasteiger partial charge in [-0.15, -0.1) is 23.5 Å². The minimum Gasteiger partial charge on any atom is -0.484 e. The molecule has 3 N–H and O–H groups in total. The van der Waals surface area contributed by atoms with Gasteiger partial charge in [-0.2, -0.15) is 0 Å². The Morgan fingerprint density at radius 2 is 1.71 bits per heavy atom. The van der Waals surface area contributed by atoms with E-state index in [-0.39, 0.29) is 24.6 Å². The summed E-state index contributed by atoms with van der Waals surface area (Å²) in [5, 5.41) is 8.39. The summed E-state index contributed by atoms with van der Waals surface area (Å²) in [5.41, 5.74) is 2.94. The molecule has 0 aromatic heterocycles. The number of carbonyl (C=O) groups is 2. The number of anilines is 1. The van der Waals surface area contributed by atoms with E-state index in [0.717, 1.165) is 5.56 Å². The number of nitrogens with one attached hydrogen (secondary N) is 3. The lowest BCUT2D eigenvalue weighted by atomic mass is 10.2. The molecule has 0 spiro atoms. The molecule has 0 saturated carbocycles. The van der Waals surface area contributed by atoms with Crippen LogP contribution in [0.15, 0.2) is 48.5 Å². The van der Waals surface area contributed by atoms with Crippen LogP contribution in [0.4, 0.5) is 10.5 Å². The van der Waals surface area contributed by atoms with Crippen LogP contribution >= 0.6 is 23.5 Å². The number of carbonyl (C=O) groups excluding carboxylic acids is 2. The zero-order valence-corrected chi connectivity index (χ0v) is 19.5. The molecule has 6 nitrogen and oxygen atoms in total. The van der Waals surface area contributed by atoms with Crippen molar-refractivity contribution in [2.45, 2.75) is 37.4 Å². The molecule has 3 amide bonds. The molecule has 2 aromatic carbocycles. The third-order valence-corrected chi connectivity index (χ3v) is 7.49. The maximum absolute atomic E-state index is 12.1. The van der Waals surface area contributed by atoms with Crippen molar-refractivity contribution in [1.29, 1.82) is 0 Å². The number of hydrogen-bond donors (Lipinski definition) is 3. The van der Waals surface area contributed by atoms with Gasteiger partial charge in [0.25, 0.3) is 5.91 Å². The van der Waals surface area contributed by atoms with Crippen LogP contribution in [0, 0.1) is 0 Å². The number of hydrogen-bond acceptors (Lipinski definition) is 5. The highest BCUT2D eigenvalue weighted by Crippen LogP contribution is 2.43. The number of ether oxygens (including phenoxy) is 1. The summed E-state index contributed by atoms with van der Waals surface area (Å²) in [6.45, 7) is 4.18. The highest BCUT2D eigenvalue weighted by atomic mass is 32.2. The van der Waals surface area contributed by atoms with Crippen molar-refractivity contribution >= 4 is 41.1 Å². The smallest absolute Gasteiger partial charge is 0.319 e. The van der Waals surface area contributed by atoms with Gasteiger partial charge in [0, 0.05) is 18.3 Å². The lowest BCUT2D eigenvalue weighted by molar-refractivity contribution is -0.123. The zero-order valence-electron chi connectivity index (χ0n) is 17.9. The first-order chi connectivity index (χ1) is 15.0. The SMILES string of the molecule is CC(C)NC(=O)Nc1ccc(CNC(=O)COc2ccc(C3SCCCS3)cc2)cc1. The van der Waals surface area contributed by atoms with Crippen molar-refractivity contribution < 1.29 is 14.3 Å². The van der Waals surface area contributed by atoms with Crippen LogP contribution in [0.2, 0.25) is 0 Å². The summed E-state index contributed by atoms with van der Waals surface area (Å²) in [5.74, 6) is 2.94. The maximum atomic E-state index is 12.1. The quantitative estimate of drug-likeness (QED) is 0.529. The minimum atomic E-state index is -0.238. The second kappa shape index (κ2) is 11.9. The molecule has 31 heavy (non-hydrogen) atoms. The summed E-state index contributed by atoms with van der Waals surface area (Å²) >= 11 is 3.97. The molecule has 0 bridgehead atoms. The third kappa shape index (κ3) is 8.03. The van der Waals surface area contributed by atoms with Gasteiger partial charge in [-0.3, -0.25) is 4.79 Å². The first-order valence-electron chi connectivity index (χ1n) is 10.4. The predicted molar refractivity (Wildman–Crippen MR) is 130 cm³/mol. The van der Waals surface area contributed by atoms with Gasteiger partial charge < -0.3 is 20.7 Å². The molecule has 8 heteroatoms. The van der Waals surface area contributed by atoms with Gasteiger partial charge in [-0.25, -0.2) is 4.79 Å². The summed E-state index contributed by atoms with van der Waals surface area (Å²) in [7, 11) is 0. The van der Waals surface area contributed by atoms with E-state index in [9.17, 15) is 9.59 Å². The zero-order chi connectivity index (χ0) is 22.1. The molecule has 1 fully saturated rings. The van der Waals surface area contributed by atoms with Crippen LogP contribution in [0.1, 0.15) is 36.0 Å². The highest BCUT2D eigenvalue weighted by molar-refractivity contribution is 8.16. The molecular formula is C23H29N3O3S2. The van der Waals surface area contributed by atoms with Crippen molar-refractivity contribution in [3.05, 3.63) is 59.7 Å². The fraction of sp³-hybridized carbons (Fsp3) is 0.391. The lowest BCUT2D eigenvalue weighted by Crippen LogP contribution is -2.34. The third-order valence-electron chi connectivity index (χ3n) is 4.47. The summed E-state index contributed by atoms with van der Waals surface area (Å²) in [6.07, 6.45) is 1.28. The monoisotopic (exact) mass is 459 g/mol. The topological polar surface area (TPSA) is 79.5 Å². The Bertz CT molecular complexity index is 851. The maximum Gasteiger partial charge on any atom is 0.319 e. The van der Waals surface area contributed by atoms with E-state index in [0.29, 0.717) is 22.6 Å². The van der Waals surface area contributed by atoms with E-state index in [2.05, 4.69) is 28.1 Å². The molecule has 3 rings (SSSR count). The average Bonchev–Trinajstić information content (AvgIpc) is 2.77. The summed E-state index contributed by atoms with van der Waals surface area (Å²) in [4.78, 5) is 23.8. The molecule has 0 atom stereocenters. The highest BCUT2D eigenvalue weighted by Gasteiger charge is 2.16. The number of amides is 3. The van der Waals surface area contributed by atoms with Gasteiger partial charge in [-0.1, -0.05) is 24.3 Å². The predicted octanol–water partition coefficient (Wildman–Crippen LogP) is 4.78. The van der Waals surface area contributed by atoms with Gasteiger partial charge in [0.15, 0.2) is 6.61 Å². The van der Waals surface area contributed by atoms with Crippen LogP contribution < -0.4 is 20.7 Å². The number of urea groups is 1. The molecule has 1 aliphatic rings. The Hall–Kier alpha value is -2.32. The lowest BCUT2D eigenvalue weighted by Gasteiger charge is -2.21. The standard InChI is InChI=1S/C23H29N3O3S2/c1-16(2)25-23(28)26-19-8-4-17(5-9-19)14-24-21(27)15-29-20-10-6-18(7-11-20)22-30-12-3-13-31-22/h4-11,16,22H,3,12-15H2,1-2H3,(H,24,27)(H2,25,26,28). The largest absolute Gasteiger partial charge is 0.484 e. The molecule has 1 heterocycles. The molecule has 0 aliphatic carbocycles. The Kier molecular flexibility index (Phi) is 8.97. The molecular weight excluding hydrogens is 430 g/mol. The molecule has 0 radical (unpaired) electrons. The molecule has 2 aromatic rings. The van der Waals surface area contributed by atoms with E-state index in [1.54, 1.807) is 0 Å². The number of benzene rings is 2. The van der Waals surface area contributed by atoms with Crippen LogP contribution in [0.3, 0.4) is 0 Å². The minimum absolute atomic E-state index is 0.0265. The van der Waals surface area contributed by atoms with Crippen LogP contribution in [0.5, 0.6) is 5.75 Å². The van der Waals surface area contributed by atoms with Crippen LogP contribution in [-0.4, -0.2) is 36.1 Å². The van der Waals surface area contributed by atoms with Gasteiger partial charge in [0.2, 0.25) is 0 Å². The normalized spacial score (nSPS) is 14.2. The number of rotatable bonds is 8. The molecule has 1 aliphatic heterocycles. The summed E-state index contributed by atoms with van der Waals surface area (Å²) in [6, 6.07) is 15.2. The first kappa shape index (κ1) is 23.3. The van der Waals surface area contributed by atoms with Crippen molar-refractivity contribution in [2.24, 2.45) is 0 Å². The second-order valence-electron chi connectivity index (χ2n) is 7.51. The van der Waals surface area contributed by atoms with Gasteiger partial charge in [-0.05, 0) is 67.2 Å². The Morgan fingerprint density at radius 1 is 1.03 bits per heavy atom. The van der Waals surface area contributed by atoms with Crippen molar-refractivity contribution in [3.8, 4) is 5.75 Å². The van der Waals surface area contributed by atoms with Gasteiger partial charge >= 0.3 is 6.03 Å². The van der Waals surface area contributed by atoms with Crippen LogP contribution in [0.25, 0.3) is 0 Å². The first-order valence-corrected chi connectivity index (χ1v) is 12.5. The Labute approximate surface area is 192 Å². The molecule has 1 saturated heterocycles. The van der Waals surface area contributed by atoms with E-state index < -0.39 is 0 Å². The Balaban J connectivity index is 1.38. The summed E-state index contributed by atoms with van der Waals surface area (Å²) < 4.78 is 6.11. The fourth-order valence-electron chi connectivity index (χ4n) is 2.94. The Morgan fingerprint density at radius 3 is 2.35 bits per heavy atom. The van der Waals surface area contributed by atoms with Crippen LogP contribution in [-0.2, 0) is 11.3 Å². The van der Waals surface area contributed by atoms with Gasteiger partial charge in [0.1, 0.15) is 5.75 Å².